The summed E-state index contributed by atoms with van der Waals surface area (Å²) in [5, 5.41) is 7.00. The van der Waals surface area contributed by atoms with Crippen LogP contribution in [0.4, 0.5) is 0 Å². The smallest absolute Gasteiger partial charge is 0.255 e. The number of carbonyl (C=O) groups excluding carboxylic acids is 1. The Bertz CT molecular complexity index is 580. The summed E-state index contributed by atoms with van der Waals surface area (Å²) in [6.07, 6.45) is 11.2. The second-order valence-corrected chi connectivity index (χ2v) is 4.01. The topological polar surface area (TPSA) is 46.4 Å². The van der Waals surface area contributed by atoms with E-state index in [0.717, 1.165) is 24.8 Å². The van der Waals surface area contributed by atoms with Crippen molar-refractivity contribution in [3.63, 3.8) is 0 Å². The molecule has 0 aliphatic heterocycles. The zero-order valence-corrected chi connectivity index (χ0v) is 10.1. The number of pyridine rings is 1. The van der Waals surface area contributed by atoms with Gasteiger partial charge < -0.3 is 5.32 Å². The first-order valence-corrected chi connectivity index (χ1v) is 5.97. The molecule has 0 saturated carbocycles. The predicted octanol–water partition coefficient (Wildman–Crippen LogP) is 1.87. The average molecular weight is 241 g/mol. The van der Waals surface area contributed by atoms with Gasteiger partial charge in [0.05, 0.1) is 17.3 Å². The molecule has 18 heavy (non-hydrogen) atoms. The number of aromatic nitrogens is 2. The molecule has 2 heterocycles. The molecule has 0 fully saturated rings. The van der Waals surface area contributed by atoms with Crippen molar-refractivity contribution < 1.29 is 4.79 Å². The lowest BCUT2D eigenvalue weighted by atomic mass is 10.2. The Hall–Kier alpha value is -2.28. The molecular formula is C14H15N3O. The van der Waals surface area contributed by atoms with E-state index in [-0.39, 0.29) is 5.91 Å². The summed E-state index contributed by atoms with van der Waals surface area (Å²) in [4.78, 5) is 11.9. The molecule has 2 aromatic rings. The van der Waals surface area contributed by atoms with Gasteiger partial charge in [-0.2, -0.15) is 5.10 Å². The maximum absolute atomic E-state index is 11.9. The largest absolute Gasteiger partial charge is 0.352 e. The van der Waals surface area contributed by atoms with Crippen LogP contribution in [0.25, 0.3) is 5.52 Å². The zero-order valence-electron chi connectivity index (χ0n) is 10.1. The third-order valence-electron chi connectivity index (χ3n) is 2.70. The number of nitrogens with zero attached hydrogens (tertiary/aromatic N) is 2. The zero-order chi connectivity index (χ0) is 12.8. The number of fused-ring (bicyclic) bond motifs is 1. The van der Waals surface area contributed by atoms with Gasteiger partial charge in [-0.15, -0.1) is 12.3 Å². The van der Waals surface area contributed by atoms with Crippen LogP contribution in [-0.2, 0) is 0 Å². The summed E-state index contributed by atoms with van der Waals surface area (Å²) in [5.41, 5.74) is 1.42. The number of rotatable bonds is 5. The van der Waals surface area contributed by atoms with Crippen molar-refractivity contribution >= 4 is 11.4 Å². The number of nitrogens with one attached hydrogen (secondary N) is 1. The number of carbonyl (C=O) groups is 1. The number of hydrogen-bond acceptors (Lipinski definition) is 2. The van der Waals surface area contributed by atoms with Crippen molar-refractivity contribution in [3.05, 3.63) is 36.2 Å². The van der Waals surface area contributed by atoms with Gasteiger partial charge in [-0.25, -0.2) is 4.52 Å². The molecular weight excluding hydrogens is 226 g/mol. The first-order chi connectivity index (χ1) is 8.83. The molecule has 4 heteroatoms. The Balaban J connectivity index is 1.95. The summed E-state index contributed by atoms with van der Waals surface area (Å²) in [7, 11) is 0. The Morgan fingerprint density at radius 2 is 2.33 bits per heavy atom. The second-order valence-electron chi connectivity index (χ2n) is 4.01. The predicted molar refractivity (Wildman–Crippen MR) is 70.2 cm³/mol. The molecule has 0 unspecified atom stereocenters. The fourth-order valence-corrected chi connectivity index (χ4v) is 1.76. The highest BCUT2D eigenvalue weighted by Gasteiger charge is 2.10. The molecule has 1 N–H and O–H groups in total. The van der Waals surface area contributed by atoms with Crippen LogP contribution in [0.1, 0.15) is 29.6 Å². The molecule has 1 amide bonds. The average Bonchev–Trinajstić information content (AvgIpc) is 2.82. The van der Waals surface area contributed by atoms with Crippen LogP contribution >= 0.6 is 0 Å². The third-order valence-corrected chi connectivity index (χ3v) is 2.70. The van der Waals surface area contributed by atoms with Gasteiger partial charge in [0.2, 0.25) is 0 Å². The molecule has 0 radical (unpaired) electrons. The van der Waals surface area contributed by atoms with Crippen LogP contribution in [0, 0.1) is 12.3 Å². The first-order valence-electron chi connectivity index (χ1n) is 5.97. The van der Waals surface area contributed by atoms with Gasteiger partial charge in [0.15, 0.2) is 0 Å². The molecule has 0 aliphatic carbocycles. The molecule has 0 saturated heterocycles. The fraction of sp³-hybridized carbons (Fsp3) is 0.286. The van der Waals surface area contributed by atoms with Gasteiger partial charge in [-0.1, -0.05) is 6.07 Å². The van der Waals surface area contributed by atoms with Crippen LogP contribution in [0.2, 0.25) is 0 Å². The number of hydrogen-bond donors (Lipinski definition) is 1. The van der Waals surface area contributed by atoms with E-state index in [1.165, 1.54) is 0 Å². The third kappa shape index (κ3) is 2.69. The SMILES string of the molecule is C#CCCCCNC(=O)c1cnn2ccccc12. The Morgan fingerprint density at radius 1 is 1.44 bits per heavy atom. The van der Waals surface area contributed by atoms with Crippen LogP contribution in [0.3, 0.4) is 0 Å². The van der Waals surface area contributed by atoms with Gasteiger partial charge in [0, 0.05) is 19.2 Å². The molecule has 0 aliphatic rings. The number of terminal acetylenes is 1. The number of unbranched alkanes of at least 4 members (excludes halogenated alkanes) is 2. The van der Waals surface area contributed by atoms with E-state index >= 15 is 0 Å². The Kier molecular flexibility index (Phi) is 3.98. The molecule has 0 atom stereocenters. The highest BCUT2D eigenvalue weighted by atomic mass is 16.1. The fourth-order valence-electron chi connectivity index (χ4n) is 1.76. The van der Waals surface area contributed by atoms with Crippen molar-refractivity contribution in [1.29, 1.82) is 0 Å². The van der Waals surface area contributed by atoms with Gasteiger partial charge in [0.25, 0.3) is 5.91 Å². The normalized spacial score (nSPS) is 10.2. The summed E-state index contributed by atoms with van der Waals surface area (Å²) in [6, 6.07) is 5.64. The maximum atomic E-state index is 11.9. The van der Waals surface area contributed by atoms with Crippen molar-refractivity contribution in [2.45, 2.75) is 19.3 Å². The lowest BCUT2D eigenvalue weighted by molar-refractivity contribution is 0.0954. The second kappa shape index (κ2) is 5.87. The van der Waals surface area contributed by atoms with Crippen molar-refractivity contribution in [2.24, 2.45) is 0 Å². The molecule has 2 rings (SSSR count). The van der Waals surface area contributed by atoms with E-state index in [1.807, 2.05) is 24.4 Å². The van der Waals surface area contributed by atoms with Gasteiger partial charge in [-0.3, -0.25) is 4.79 Å². The summed E-state index contributed by atoms with van der Waals surface area (Å²) >= 11 is 0. The molecule has 0 aromatic carbocycles. The Labute approximate surface area is 106 Å². The summed E-state index contributed by atoms with van der Waals surface area (Å²) in [6.45, 7) is 0.644. The van der Waals surface area contributed by atoms with Gasteiger partial charge >= 0.3 is 0 Å². The van der Waals surface area contributed by atoms with E-state index < -0.39 is 0 Å². The van der Waals surface area contributed by atoms with E-state index in [9.17, 15) is 4.79 Å². The van der Waals surface area contributed by atoms with Crippen molar-refractivity contribution in [2.75, 3.05) is 6.54 Å². The monoisotopic (exact) mass is 241 g/mol. The summed E-state index contributed by atoms with van der Waals surface area (Å²) < 4.78 is 1.69. The first kappa shape index (κ1) is 12.2. The number of amides is 1. The molecule has 92 valence electrons. The van der Waals surface area contributed by atoms with Gasteiger partial charge in [0.1, 0.15) is 0 Å². The minimum absolute atomic E-state index is 0.0862. The highest BCUT2D eigenvalue weighted by molar-refractivity contribution is 6.00. The van der Waals surface area contributed by atoms with Crippen LogP contribution in [-0.4, -0.2) is 22.1 Å². The van der Waals surface area contributed by atoms with Crippen LogP contribution < -0.4 is 5.32 Å². The van der Waals surface area contributed by atoms with Crippen LogP contribution in [0.5, 0.6) is 0 Å². The lowest BCUT2D eigenvalue weighted by Gasteiger charge is -2.02. The molecule has 4 nitrogen and oxygen atoms in total. The van der Waals surface area contributed by atoms with Gasteiger partial charge in [-0.05, 0) is 25.0 Å². The Morgan fingerprint density at radius 3 is 3.17 bits per heavy atom. The van der Waals surface area contributed by atoms with Crippen LogP contribution in [0.15, 0.2) is 30.6 Å². The van der Waals surface area contributed by atoms with E-state index in [0.29, 0.717) is 12.1 Å². The summed E-state index contributed by atoms with van der Waals surface area (Å²) in [5.74, 6) is 2.50. The van der Waals surface area contributed by atoms with Crippen molar-refractivity contribution in [1.82, 2.24) is 14.9 Å². The standard InChI is InChI=1S/C14H15N3O/c1-2-3-4-6-9-15-14(18)12-11-16-17-10-7-5-8-13(12)17/h1,5,7-8,10-11H,3-4,6,9H2,(H,15,18). The molecule has 0 spiro atoms. The van der Waals surface area contributed by atoms with E-state index in [4.69, 9.17) is 6.42 Å². The van der Waals surface area contributed by atoms with Crippen molar-refractivity contribution in [3.8, 4) is 12.3 Å². The van der Waals surface area contributed by atoms with E-state index in [2.05, 4.69) is 16.3 Å². The minimum Gasteiger partial charge on any atom is -0.352 e. The highest BCUT2D eigenvalue weighted by Crippen LogP contribution is 2.09. The molecule has 2 aromatic heterocycles. The minimum atomic E-state index is -0.0862. The van der Waals surface area contributed by atoms with E-state index in [1.54, 1.807) is 10.7 Å². The quantitative estimate of drug-likeness (QED) is 0.641. The lowest BCUT2D eigenvalue weighted by Crippen LogP contribution is -2.24. The molecule has 0 bridgehead atoms. The maximum Gasteiger partial charge on any atom is 0.255 e.